The molecule has 17 nitrogen and oxygen atoms in total. The molecule has 3 N–H and O–H groups in total. The van der Waals surface area contributed by atoms with Crippen LogP contribution in [-0.2, 0) is 65.4 Å². The van der Waals surface area contributed by atoms with Crippen molar-refractivity contribution in [2.45, 2.75) is 452 Å². The second kappa shape index (κ2) is 73.6. The first-order chi connectivity index (χ1) is 48.9. The lowest BCUT2D eigenvalue weighted by Gasteiger charge is -2.21. The molecule has 0 spiro atoms. The average Bonchev–Trinajstić information content (AvgIpc) is 0.938. The first-order valence-electron chi connectivity index (χ1n) is 42.5. The third-order valence-corrected chi connectivity index (χ3v) is 21.1. The van der Waals surface area contributed by atoms with Gasteiger partial charge < -0.3 is 33.8 Å². The molecule has 2 unspecified atom stereocenters. The summed E-state index contributed by atoms with van der Waals surface area (Å²) in [5, 5.41) is 10.6. The summed E-state index contributed by atoms with van der Waals surface area (Å²) in [5.41, 5.74) is 0. The average molecular weight is 1480 g/mol. The molecule has 0 aliphatic heterocycles. The Morgan fingerprint density at radius 2 is 0.455 bits per heavy atom. The van der Waals surface area contributed by atoms with E-state index < -0.39 is 97.5 Å². The van der Waals surface area contributed by atoms with Gasteiger partial charge in [0.25, 0.3) is 0 Å². The first-order valence-corrected chi connectivity index (χ1v) is 45.5. The lowest BCUT2D eigenvalue weighted by Crippen LogP contribution is -2.30. The van der Waals surface area contributed by atoms with Crippen LogP contribution in [0, 0.1) is 11.8 Å². The molecule has 0 fully saturated rings. The molecule has 0 aromatic carbocycles. The van der Waals surface area contributed by atoms with Gasteiger partial charge in [0.15, 0.2) is 12.2 Å². The van der Waals surface area contributed by atoms with Crippen molar-refractivity contribution in [1.82, 2.24) is 0 Å². The zero-order valence-electron chi connectivity index (χ0n) is 66.2. The van der Waals surface area contributed by atoms with Crippen LogP contribution in [0.2, 0.25) is 0 Å². The molecule has 0 saturated heterocycles. The van der Waals surface area contributed by atoms with E-state index in [-0.39, 0.29) is 25.7 Å². The molecule has 0 rings (SSSR count). The van der Waals surface area contributed by atoms with E-state index in [2.05, 4.69) is 41.5 Å². The molecule has 0 aliphatic carbocycles. The number of aliphatic hydroxyl groups excluding tert-OH is 1. The minimum Gasteiger partial charge on any atom is -0.462 e. The fourth-order valence-corrected chi connectivity index (χ4v) is 14.3. The third-order valence-electron chi connectivity index (χ3n) is 19.2. The summed E-state index contributed by atoms with van der Waals surface area (Å²) in [5.74, 6) is -0.689. The van der Waals surface area contributed by atoms with Gasteiger partial charge in [0, 0.05) is 25.7 Å². The summed E-state index contributed by atoms with van der Waals surface area (Å²) in [6, 6.07) is 0. The van der Waals surface area contributed by atoms with Crippen molar-refractivity contribution in [3.63, 3.8) is 0 Å². The van der Waals surface area contributed by atoms with Crippen LogP contribution in [0.4, 0.5) is 0 Å². The van der Waals surface area contributed by atoms with Gasteiger partial charge >= 0.3 is 39.5 Å². The highest BCUT2D eigenvalue weighted by Gasteiger charge is 2.30. The minimum atomic E-state index is -4.96. The summed E-state index contributed by atoms with van der Waals surface area (Å²) < 4.78 is 68.7. The molecule has 0 saturated carbocycles. The van der Waals surface area contributed by atoms with E-state index >= 15 is 0 Å². The second-order valence-corrected chi connectivity index (χ2v) is 33.4. The van der Waals surface area contributed by atoms with E-state index in [0.717, 1.165) is 102 Å². The number of carbonyl (C=O) groups is 4. The molecule has 0 radical (unpaired) electrons. The van der Waals surface area contributed by atoms with Crippen molar-refractivity contribution >= 4 is 39.5 Å². The van der Waals surface area contributed by atoms with Gasteiger partial charge in [0.2, 0.25) is 0 Å². The van der Waals surface area contributed by atoms with Gasteiger partial charge in [0.1, 0.15) is 19.3 Å². The lowest BCUT2D eigenvalue weighted by atomic mass is 10.0. The number of hydrogen-bond acceptors (Lipinski definition) is 15. The fourth-order valence-electron chi connectivity index (χ4n) is 12.7. The van der Waals surface area contributed by atoms with E-state index in [4.69, 9.17) is 37.0 Å². The van der Waals surface area contributed by atoms with Crippen LogP contribution in [0.5, 0.6) is 0 Å². The van der Waals surface area contributed by atoms with E-state index in [1.54, 1.807) is 0 Å². The maximum absolute atomic E-state index is 13.1. The van der Waals surface area contributed by atoms with Crippen LogP contribution in [0.3, 0.4) is 0 Å². The van der Waals surface area contributed by atoms with Crippen LogP contribution in [0.15, 0.2) is 0 Å². The topological polar surface area (TPSA) is 237 Å². The summed E-state index contributed by atoms with van der Waals surface area (Å²) in [6.45, 7) is 9.53. The first kappa shape index (κ1) is 99.1. The Balaban J connectivity index is 5.19. The van der Waals surface area contributed by atoms with Gasteiger partial charge in [-0.15, -0.1) is 0 Å². The van der Waals surface area contributed by atoms with Crippen molar-refractivity contribution in [2.24, 2.45) is 11.8 Å². The molecule has 0 heterocycles. The highest BCUT2D eigenvalue weighted by atomic mass is 31.2. The predicted molar refractivity (Wildman–Crippen MR) is 414 cm³/mol. The molecular formula is C82H160O17P2. The molecule has 5 atom stereocenters. The number of phosphoric ester groups is 2. The zero-order chi connectivity index (χ0) is 74.2. The molecule has 0 aromatic heterocycles. The number of ether oxygens (including phenoxy) is 4. The van der Waals surface area contributed by atoms with Gasteiger partial charge in [-0.1, -0.05) is 382 Å². The molecule has 0 aromatic rings. The van der Waals surface area contributed by atoms with Crippen LogP contribution in [0.1, 0.15) is 433 Å². The van der Waals surface area contributed by atoms with Gasteiger partial charge in [0.05, 0.1) is 26.4 Å². The predicted octanol–water partition coefficient (Wildman–Crippen LogP) is 24.7. The Kier molecular flexibility index (Phi) is 72.2. The van der Waals surface area contributed by atoms with E-state index in [1.165, 1.54) is 244 Å². The fraction of sp³-hybridized carbons (Fsp3) is 0.951. The SMILES string of the molecule is CCCCCCCCCCCCCCCCCCCCCCCCC(=O)O[C@H](COC(=O)CCCCCCCCCCCCCCCCCCCC)COP(=O)(O)OC[C@@H](O)COP(=O)(O)OC[C@@H](COC(=O)CCCCCCCCCC(C)C)OC(=O)CCCCCCCCCCC(C)C. The minimum absolute atomic E-state index is 0.104. The van der Waals surface area contributed by atoms with E-state index in [0.29, 0.717) is 31.6 Å². The number of esters is 4. The highest BCUT2D eigenvalue weighted by molar-refractivity contribution is 7.47. The molecule has 19 heteroatoms. The van der Waals surface area contributed by atoms with Crippen molar-refractivity contribution in [3.8, 4) is 0 Å². The molecule has 101 heavy (non-hydrogen) atoms. The van der Waals surface area contributed by atoms with E-state index in [1.807, 2.05) is 0 Å². The Morgan fingerprint density at radius 1 is 0.267 bits per heavy atom. The summed E-state index contributed by atoms with van der Waals surface area (Å²) in [6.07, 6.45) is 64.2. The van der Waals surface area contributed by atoms with Gasteiger partial charge in [-0.2, -0.15) is 0 Å². The number of unbranched alkanes of at least 4 members (excludes halogenated alkanes) is 51. The number of rotatable bonds is 81. The molecule has 0 bridgehead atoms. The van der Waals surface area contributed by atoms with Crippen LogP contribution >= 0.6 is 15.6 Å². The Hall–Kier alpha value is -1.94. The number of carbonyl (C=O) groups excluding carboxylic acids is 4. The van der Waals surface area contributed by atoms with Crippen LogP contribution in [-0.4, -0.2) is 96.7 Å². The summed E-state index contributed by atoms with van der Waals surface area (Å²) >= 11 is 0. The van der Waals surface area contributed by atoms with Gasteiger partial charge in [-0.3, -0.25) is 37.3 Å². The van der Waals surface area contributed by atoms with Crippen molar-refractivity contribution < 1.29 is 80.2 Å². The lowest BCUT2D eigenvalue weighted by molar-refractivity contribution is -0.161. The van der Waals surface area contributed by atoms with Crippen molar-refractivity contribution in [1.29, 1.82) is 0 Å². The maximum Gasteiger partial charge on any atom is 0.472 e. The third kappa shape index (κ3) is 76.1. The van der Waals surface area contributed by atoms with Crippen molar-refractivity contribution in [3.05, 3.63) is 0 Å². The summed E-state index contributed by atoms with van der Waals surface area (Å²) in [7, 11) is -9.92. The second-order valence-electron chi connectivity index (χ2n) is 30.5. The van der Waals surface area contributed by atoms with Crippen molar-refractivity contribution in [2.75, 3.05) is 39.6 Å². The quantitative estimate of drug-likeness (QED) is 0.0222. The smallest absolute Gasteiger partial charge is 0.462 e. The Labute approximate surface area is 619 Å². The zero-order valence-corrected chi connectivity index (χ0v) is 68.0. The molecule has 600 valence electrons. The van der Waals surface area contributed by atoms with Gasteiger partial charge in [-0.25, -0.2) is 9.13 Å². The number of hydrogen-bond donors (Lipinski definition) is 3. The van der Waals surface area contributed by atoms with Crippen LogP contribution < -0.4 is 0 Å². The number of aliphatic hydroxyl groups is 1. The van der Waals surface area contributed by atoms with Crippen LogP contribution in [0.25, 0.3) is 0 Å². The molecular weight excluding hydrogens is 1320 g/mol. The Bertz CT molecular complexity index is 1940. The van der Waals surface area contributed by atoms with E-state index in [9.17, 15) is 43.2 Å². The largest absolute Gasteiger partial charge is 0.472 e. The monoisotopic (exact) mass is 1480 g/mol. The normalized spacial score (nSPS) is 13.9. The standard InChI is InChI=1S/C82H160O17P2/c1-7-9-11-13-15-17-19-21-23-25-27-28-29-30-32-34-36-38-40-47-54-60-66-81(86)98-77(70-92-79(84)64-58-52-46-39-37-35-33-31-26-24-22-20-18-16-14-12-10-8-2)72-96-100(88,89)94-68-76(83)69-95-101(90,91)97-73-78(71-93-80(85)65-59-53-49-43-45-51-57-63-75(5)6)99-82(87)67-61-55-48-42-41-44-50-56-62-74(3)4/h74-78,83H,7-73H2,1-6H3,(H,88,89)(H,90,91)/t76-,77-,78-/m1/s1. The molecule has 0 aliphatic rings. The number of phosphoric acid groups is 2. The highest BCUT2D eigenvalue weighted by Crippen LogP contribution is 2.45. The Morgan fingerprint density at radius 3 is 0.673 bits per heavy atom. The molecule has 0 amide bonds. The maximum atomic E-state index is 13.1. The van der Waals surface area contributed by atoms with Gasteiger partial charge in [-0.05, 0) is 37.5 Å². The summed E-state index contributed by atoms with van der Waals surface area (Å²) in [4.78, 5) is 73.0.